The number of methoxy groups -OCH3 is 1. The predicted octanol–water partition coefficient (Wildman–Crippen LogP) is 5.03. The van der Waals surface area contributed by atoms with Crippen LogP contribution in [0.5, 0.6) is 11.5 Å². The summed E-state index contributed by atoms with van der Waals surface area (Å²) in [6.45, 7) is 0.376. The van der Waals surface area contributed by atoms with E-state index < -0.39 is 6.04 Å². The highest BCUT2D eigenvalue weighted by molar-refractivity contribution is 5.88. The van der Waals surface area contributed by atoms with Gasteiger partial charge < -0.3 is 19.7 Å². The van der Waals surface area contributed by atoms with Crippen LogP contribution in [-0.4, -0.2) is 36.5 Å². The first kappa shape index (κ1) is 26.5. The lowest BCUT2D eigenvalue weighted by molar-refractivity contribution is -0.142. The van der Waals surface area contributed by atoms with Crippen LogP contribution in [0.4, 0.5) is 0 Å². The highest BCUT2D eigenvalue weighted by Crippen LogP contribution is 2.19. The van der Waals surface area contributed by atoms with Gasteiger partial charge in [-0.2, -0.15) is 0 Å². The van der Waals surface area contributed by atoms with E-state index in [1.807, 2.05) is 103 Å². The number of amides is 2. The second-order valence-corrected chi connectivity index (χ2v) is 8.84. The maximum atomic E-state index is 13.7. The van der Waals surface area contributed by atoms with E-state index in [2.05, 4.69) is 5.32 Å². The van der Waals surface area contributed by atoms with Crippen molar-refractivity contribution < 1.29 is 19.1 Å². The molecule has 1 N–H and O–H groups in total. The summed E-state index contributed by atoms with van der Waals surface area (Å²) in [5, 5.41) is 3.04. The van der Waals surface area contributed by atoms with Crippen LogP contribution in [0.3, 0.4) is 0 Å². The van der Waals surface area contributed by atoms with Crippen molar-refractivity contribution in [3.8, 4) is 11.5 Å². The Morgan fingerprint density at radius 3 is 2.00 bits per heavy atom. The molecule has 0 aliphatic carbocycles. The Morgan fingerprint density at radius 2 is 1.34 bits per heavy atom. The van der Waals surface area contributed by atoms with Gasteiger partial charge in [-0.25, -0.2) is 0 Å². The summed E-state index contributed by atoms with van der Waals surface area (Å²) in [7, 11) is 1.60. The minimum Gasteiger partial charge on any atom is -0.496 e. The third-order valence-electron chi connectivity index (χ3n) is 6.22. The Bertz CT molecular complexity index is 1300. The fraction of sp³-hybridized carbons (Fsp3) is 0.188. The quantitative estimate of drug-likeness (QED) is 0.292. The Hall–Kier alpha value is -4.58. The molecule has 0 heterocycles. The molecule has 38 heavy (non-hydrogen) atoms. The average molecular weight is 509 g/mol. The third-order valence-corrected chi connectivity index (χ3v) is 6.22. The molecule has 194 valence electrons. The number of nitrogens with one attached hydrogen (secondary N) is 1. The van der Waals surface area contributed by atoms with Crippen molar-refractivity contribution in [1.82, 2.24) is 10.2 Å². The number of rotatable bonds is 12. The van der Waals surface area contributed by atoms with Crippen LogP contribution in [0.1, 0.15) is 16.7 Å². The van der Waals surface area contributed by atoms with Gasteiger partial charge in [0.1, 0.15) is 17.5 Å². The summed E-state index contributed by atoms with van der Waals surface area (Å²) < 4.78 is 11.2. The Morgan fingerprint density at radius 1 is 0.763 bits per heavy atom. The standard InChI is InChI=1S/C32H32N2O4/c1-37-30-20-12-11-17-27(30)22-33-32(36)29(21-25-13-5-2-6-14-25)34(23-26-15-7-3-8-16-26)31(35)24-38-28-18-9-4-10-19-28/h2-20,29H,21-24H2,1H3,(H,33,36). The summed E-state index contributed by atoms with van der Waals surface area (Å²) in [5.41, 5.74) is 2.74. The van der Waals surface area contributed by atoms with Gasteiger partial charge in [0.05, 0.1) is 7.11 Å². The van der Waals surface area contributed by atoms with Crippen LogP contribution >= 0.6 is 0 Å². The fourth-order valence-corrected chi connectivity index (χ4v) is 4.23. The molecular formula is C32H32N2O4. The van der Waals surface area contributed by atoms with E-state index in [9.17, 15) is 9.59 Å². The van der Waals surface area contributed by atoms with Crippen molar-refractivity contribution in [2.75, 3.05) is 13.7 Å². The van der Waals surface area contributed by atoms with Crippen LogP contribution in [-0.2, 0) is 29.1 Å². The molecule has 0 saturated carbocycles. The molecule has 0 bridgehead atoms. The van der Waals surface area contributed by atoms with E-state index in [0.29, 0.717) is 17.9 Å². The summed E-state index contributed by atoms with van der Waals surface area (Å²) in [5.74, 6) is 0.775. The van der Waals surface area contributed by atoms with Crippen molar-refractivity contribution in [3.63, 3.8) is 0 Å². The van der Waals surface area contributed by atoms with Crippen LogP contribution in [0.25, 0.3) is 0 Å². The molecule has 0 aromatic heterocycles. The molecule has 2 amide bonds. The highest BCUT2D eigenvalue weighted by atomic mass is 16.5. The molecule has 1 atom stereocenters. The smallest absolute Gasteiger partial charge is 0.261 e. The monoisotopic (exact) mass is 508 g/mol. The molecule has 0 spiro atoms. The van der Waals surface area contributed by atoms with E-state index in [0.717, 1.165) is 16.7 Å². The first-order chi connectivity index (χ1) is 18.6. The predicted molar refractivity (Wildman–Crippen MR) is 148 cm³/mol. The number of hydrogen-bond donors (Lipinski definition) is 1. The Labute approximate surface area is 223 Å². The van der Waals surface area contributed by atoms with Crippen molar-refractivity contribution in [2.24, 2.45) is 0 Å². The molecular weight excluding hydrogens is 476 g/mol. The highest BCUT2D eigenvalue weighted by Gasteiger charge is 2.30. The summed E-state index contributed by atoms with van der Waals surface area (Å²) >= 11 is 0. The summed E-state index contributed by atoms with van der Waals surface area (Å²) in [6, 6.07) is 35.4. The second-order valence-electron chi connectivity index (χ2n) is 8.84. The lowest BCUT2D eigenvalue weighted by atomic mass is 10.0. The SMILES string of the molecule is COc1ccccc1CNC(=O)C(Cc1ccccc1)N(Cc1ccccc1)C(=O)COc1ccccc1. The molecule has 1 unspecified atom stereocenters. The molecule has 0 fully saturated rings. The number of para-hydroxylation sites is 2. The van der Waals surface area contributed by atoms with E-state index >= 15 is 0 Å². The zero-order chi connectivity index (χ0) is 26.6. The summed E-state index contributed by atoms with van der Waals surface area (Å²) in [6.07, 6.45) is 0.364. The molecule has 0 aliphatic heterocycles. The van der Waals surface area contributed by atoms with Gasteiger partial charge in [0, 0.05) is 25.1 Å². The largest absolute Gasteiger partial charge is 0.496 e. The van der Waals surface area contributed by atoms with Gasteiger partial charge in [0.25, 0.3) is 5.91 Å². The molecule has 4 rings (SSSR count). The lowest BCUT2D eigenvalue weighted by Gasteiger charge is -2.31. The number of benzene rings is 4. The number of carbonyl (C=O) groups excluding carboxylic acids is 2. The van der Waals surface area contributed by atoms with Crippen LogP contribution < -0.4 is 14.8 Å². The minimum absolute atomic E-state index is 0.179. The average Bonchev–Trinajstić information content (AvgIpc) is 2.98. The first-order valence-electron chi connectivity index (χ1n) is 12.6. The van der Waals surface area contributed by atoms with Gasteiger partial charge in [-0.3, -0.25) is 9.59 Å². The zero-order valence-corrected chi connectivity index (χ0v) is 21.5. The molecule has 6 nitrogen and oxygen atoms in total. The number of hydrogen-bond acceptors (Lipinski definition) is 4. The van der Waals surface area contributed by atoms with E-state index in [-0.39, 0.29) is 31.5 Å². The van der Waals surface area contributed by atoms with Crippen molar-refractivity contribution in [1.29, 1.82) is 0 Å². The molecule has 4 aromatic carbocycles. The number of carbonyl (C=O) groups is 2. The Balaban J connectivity index is 1.60. The van der Waals surface area contributed by atoms with Gasteiger partial charge in [0.2, 0.25) is 5.91 Å². The Kier molecular flexibility index (Phi) is 9.51. The molecule has 4 aromatic rings. The van der Waals surface area contributed by atoms with Gasteiger partial charge in [-0.1, -0.05) is 97.1 Å². The molecule has 0 saturated heterocycles. The number of nitrogens with zero attached hydrogens (tertiary/aromatic N) is 1. The summed E-state index contributed by atoms with van der Waals surface area (Å²) in [4.78, 5) is 29.0. The van der Waals surface area contributed by atoms with E-state index in [1.54, 1.807) is 24.1 Å². The van der Waals surface area contributed by atoms with Gasteiger partial charge in [0.15, 0.2) is 6.61 Å². The topological polar surface area (TPSA) is 67.9 Å². The minimum atomic E-state index is -0.751. The second kappa shape index (κ2) is 13.7. The lowest BCUT2D eigenvalue weighted by Crippen LogP contribution is -2.51. The normalized spacial score (nSPS) is 11.3. The van der Waals surface area contributed by atoms with E-state index in [4.69, 9.17) is 9.47 Å². The van der Waals surface area contributed by atoms with Crippen LogP contribution in [0, 0.1) is 0 Å². The van der Waals surface area contributed by atoms with Gasteiger partial charge in [-0.05, 0) is 29.3 Å². The molecule has 6 heteroatoms. The van der Waals surface area contributed by atoms with E-state index in [1.165, 1.54) is 0 Å². The van der Waals surface area contributed by atoms with Crippen molar-refractivity contribution in [2.45, 2.75) is 25.6 Å². The van der Waals surface area contributed by atoms with Crippen LogP contribution in [0.2, 0.25) is 0 Å². The van der Waals surface area contributed by atoms with Gasteiger partial charge >= 0.3 is 0 Å². The third kappa shape index (κ3) is 7.46. The molecule has 0 radical (unpaired) electrons. The van der Waals surface area contributed by atoms with Crippen molar-refractivity contribution in [3.05, 3.63) is 132 Å². The number of ether oxygens (including phenoxy) is 2. The maximum Gasteiger partial charge on any atom is 0.261 e. The fourth-order valence-electron chi connectivity index (χ4n) is 4.23. The zero-order valence-electron chi connectivity index (χ0n) is 21.5. The molecule has 0 aliphatic rings. The van der Waals surface area contributed by atoms with Crippen LogP contribution in [0.15, 0.2) is 115 Å². The maximum absolute atomic E-state index is 13.7. The van der Waals surface area contributed by atoms with Crippen molar-refractivity contribution >= 4 is 11.8 Å². The van der Waals surface area contributed by atoms with Gasteiger partial charge in [-0.15, -0.1) is 0 Å². The first-order valence-corrected chi connectivity index (χ1v) is 12.6.